The molecule has 2 heterocycles. The molecule has 112 valence electrons. The fourth-order valence-electron chi connectivity index (χ4n) is 2.27. The molecule has 6 nitrogen and oxygen atoms in total. The Balaban J connectivity index is 1.75. The molecule has 2 aliphatic heterocycles. The van der Waals surface area contributed by atoms with Crippen LogP contribution in [0.3, 0.4) is 0 Å². The minimum absolute atomic E-state index is 0.0532. The Hall–Kier alpha value is -1.57. The Morgan fingerprint density at radius 2 is 2.10 bits per heavy atom. The molecule has 0 bridgehead atoms. The Morgan fingerprint density at radius 1 is 1.38 bits per heavy atom. The van der Waals surface area contributed by atoms with Gasteiger partial charge in [-0.05, 0) is 24.3 Å². The van der Waals surface area contributed by atoms with Crippen molar-refractivity contribution in [2.75, 3.05) is 42.7 Å². The van der Waals surface area contributed by atoms with Crippen LogP contribution in [0.25, 0.3) is 0 Å². The number of nitrogens with zero attached hydrogens (tertiary/aromatic N) is 2. The molecule has 0 spiro atoms. The summed E-state index contributed by atoms with van der Waals surface area (Å²) in [6.07, 6.45) is 0.0987. The summed E-state index contributed by atoms with van der Waals surface area (Å²) in [6.45, 7) is 2.37. The number of epoxide rings is 1. The number of morpholine rings is 1. The molecule has 0 N–H and O–H groups in total. The second-order valence-electron chi connectivity index (χ2n) is 4.96. The van der Waals surface area contributed by atoms with Crippen LogP contribution in [0.5, 0.6) is 0 Å². The van der Waals surface area contributed by atoms with Crippen molar-refractivity contribution in [3.05, 3.63) is 24.3 Å². The molecular formula is C14H16N2O4S. The molecule has 2 aliphatic rings. The number of amides is 2. The summed E-state index contributed by atoms with van der Waals surface area (Å²) < 4.78 is 10.3. The first-order valence-corrected chi connectivity index (χ1v) is 7.20. The molecule has 3 rings (SSSR count). The smallest absolute Gasteiger partial charge is 0.283 e. The van der Waals surface area contributed by atoms with Gasteiger partial charge in [0.1, 0.15) is 6.61 Å². The van der Waals surface area contributed by atoms with Crippen molar-refractivity contribution < 1.29 is 19.1 Å². The molecule has 21 heavy (non-hydrogen) atoms. The predicted octanol–water partition coefficient (Wildman–Crippen LogP) is 1.30. The number of thiol groups is 1. The summed E-state index contributed by atoms with van der Waals surface area (Å²) in [6, 6.07) is 7.29. The van der Waals surface area contributed by atoms with Crippen LogP contribution in [0.15, 0.2) is 24.3 Å². The number of rotatable bonds is 4. The van der Waals surface area contributed by atoms with E-state index < -0.39 is 0 Å². The minimum atomic E-state index is -0.319. The average Bonchev–Trinajstić information content (AvgIpc) is 3.29. The van der Waals surface area contributed by atoms with Crippen LogP contribution >= 0.6 is 12.6 Å². The van der Waals surface area contributed by atoms with Gasteiger partial charge in [0.2, 0.25) is 0 Å². The van der Waals surface area contributed by atoms with Gasteiger partial charge in [0.15, 0.2) is 0 Å². The van der Waals surface area contributed by atoms with Crippen molar-refractivity contribution in [3.63, 3.8) is 0 Å². The van der Waals surface area contributed by atoms with E-state index in [0.29, 0.717) is 26.3 Å². The molecular weight excluding hydrogens is 292 g/mol. The van der Waals surface area contributed by atoms with E-state index in [1.807, 2.05) is 24.3 Å². The van der Waals surface area contributed by atoms with Crippen molar-refractivity contribution in [2.24, 2.45) is 0 Å². The summed E-state index contributed by atoms with van der Waals surface area (Å²) in [4.78, 5) is 26.6. The van der Waals surface area contributed by atoms with E-state index in [2.05, 4.69) is 12.6 Å². The standard InChI is InChI=1S/C14H16N2O4S/c17-13-9-19-6-5-15(13)10-1-3-11(4-2-10)16(14(18)21)7-12-8-20-12/h1-4,12H,5-9H2,(H,18,21)/t12-/m1/s1. The summed E-state index contributed by atoms with van der Waals surface area (Å²) in [7, 11) is 0. The summed E-state index contributed by atoms with van der Waals surface area (Å²) in [5.74, 6) is -0.0532. The second kappa shape index (κ2) is 6.05. The molecule has 2 saturated heterocycles. The maximum absolute atomic E-state index is 11.8. The van der Waals surface area contributed by atoms with E-state index in [-0.39, 0.29) is 23.9 Å². The zero-order chi connectivity index (χ0) is 14.8. The Labute approximate surface area is 128 Å². The summed E-state index contributed by atoms with van der Waals surface area (Å²) in [5, 5.41) is -0.319. The van der Waals surface area contributed by atoms with E-state index in [0.717, 1.165) is 11.4 Å². The topological polar surface area (TPSA) is 62.4 Å². The quantitative estimate of drug-likeness (QED) is 0.673. The molecule has 0 aromatic heterocycles. The Kier molecular flexibility index (Phi) is 4.14. The van der Waals surface area contributed by atoms with Crippen molar-refractivity contribution in [2.45, 2.75) is 6.10 Å². The Morgan fingerprint density at radius 3 is 2.67 bits per heavy atom. The van der Waals surface area contributed by atoms with E-state index in [4.69, 9.17) is 9.47 Å². The normalized spacial score (nSPS) is 21.3. The predicted molar refractivity (Wildman–Crippen MR) is 81.1 cm³/mol. The first-order chi connectivity index (χ1) is 10.1. The summed E-state index contributed by atoms with van der Waals surface area (Å²) in [5.41, 5.74) is 1.55. The lowest BCUT2D eigenvalue weighted by Gasteiger charge is -2.27. The molecule has 0 aliphatic carbocycles. The number of anilines is 2. The lowest BCUT2D eigenvalue weighted by atomic mass is 10.2. The van der Waals surface area contributed by atoms with E-state index in [9.17, 15) is 9.59 Å². The van der Waals surface area contributed by atoms with Crippen molar-refractivity contribution in [1.29, 1.82) is 0 Å². The van der Waals surface area contributed by atoms with Crippen LogP contribution in [0.2, 0.25) is 0 Å². The third-order valence-electron chi connectivity index (χ3n) is 3.48. The van der Waals surface area contributed by atoms with Gasteiger partial charge in [-0.2, -0.15) is 0 Å². The molecule has 1 aromatic rings. The molecule has 7 heteroatoms. The maximum Gasteiger partial charge on any atom is 0.283 e. The van der Waals surface area contributed by atoms with Gasteiger partial charge in [0.05, 0.1) is 25.9 Å². The number of hydrogen-bond acceptors (Lipinski definition) is 4. The first-order valence-electron chi connectivity index (χ1n) is 6.75. The van der Waals surface area contributed by atoms with Crippen LogP contribution < -0.4 is 9.80 Å². The highest BCUT2D eigenvalue weighted by atomic mass is 32.1. The van der Waals surface area contributed by atoms with Gasteiger partial charge in [-0.25, -0.2) is 0 Å². The molecule has 0 radical (unpaired) electrons. The molecule has 0 unspecified atom stereocenters. The molecule has 1 atom stereocenters. The molecule has 2 amide bonds. The van der Waals surface area contributed by atoms with E-state index in [1.165, 1.54) is 0 Å². The third-order valence-corrected chi connectivity index (χ3v) is 3.72. The zero-order valence-electron chi connectivity index (χ0n) is 11.4. The second-order valence-corrected chi connectivity index (χ2v) is 5.35. The minimum Gasteiger partial charge on any atom is -0.371 e. The van der Waals surface area contributed by atoms with Crippen LogP contribution in [0, 0.1) is 0 Å². The van der Waals surface area contributed by atoms with Gasteiger partial charge in [0, 0.05) is 17.9 Å². The average molecular weight is 308 g/mol. The van der Waals surface area contributed by atoms with Crippen molar-refractivity contribution in [1.82, 2.24) is 0 Å². The fourth-order valence-corrected chi connectivity index (χ4v) is 2.47. The van der Waals surface area contributed by atoms with Gasteiger partial charge in [-0.3, -0.25) is 9.59 Å². The van der Waals surface area contributed by atoms with Gasteiger partial charge < -0.3 is 19.3 Å². The maximum atomic E-state index is 11.8. The largest absolute Gasteiger partial charge is 0.371 e. The lowest BCUT2D eigenvalue weighted by Crippen LogP contribution is -2.41. The van der Waals surface area contributed by atoms with Crippen LogP contribution in [0.1, 0.15) is 0 Å². The third kappa shape index (κ3) is 3.37. The van der Waals surface area contributed by atoms with Crippen LogP contribution in [-0.2, 0) is 14.3 Å². The number of carbonyl (C=O) groups excluding carboxylic acids is 2. The number of hydrogen-bond donors (Lipinski definition) is 1. The number of carbonyl (C=O) groups is 2. The SMILES string of the molecule is O=C(S)N(C[C@@H]1CO1)c1ccc(N2CCOCC2=O)cc1. The zero-order valence-corrected chi connectivity index (χ0v) is 12.3. The number of ether oxygens (including phenoxy) is 2. The molecule has 1 aromatic carbocycles. The van der Waals surface area contributed by atoms with Crippen LogP contribution in [0.4, 0.5) is 16.2 Å². The fraction of sp³-hybridized carbons (Fsp3) is 0.429. The van der Waals surface area contributed by atoms with Crippen molar-refractivity contribution >= 4 is 35.1 Å². The monoisotopic (exact) mass is 308 g/mol. The molecule has 0 saturated carbocycles. The van der Waals surface area contributed by atoms with Crippen molar-refractivity contribution in [3.8, 4) is 0 Å². The van der Waals surface area contributed by atoms with Gasteiger partial charge in [-0.1, -0.05) is 12.6 Å². The highest BCUT2D eigenvalue weighted by Gasteiger charge is 2.28. The van der Waals surface area contributed by atoms with E-state index >= 15 is 0 Å². The van der Waals surface area contributed by atoms with E-state index in [1.54, 1.807) is 9.80 Å². The number of benzene rings is 1. The summed E-state index contributed by atoms with van der Waals surface area (Å²) >= 11 is 3.90. The first kappa shape index (κ1) is 14.4. The Bertz CT molecular complexity index is 544. The highest BCUT2D eigenvalue weighted by molar-refractivity contribution is 7.96. The molecule has 2 fully saturated rings. The van der Waals surface area contributed by atoms with Gasteiger partial charge >= 0.3 is 0 Å². The lowest BCUT2D eigenvalue weighted by molar-refractivity contribution is -0.125. The highest BCUT2D eigenvalue weighted by Crippen LogP contribution is 2.24. The van der Waals surface area contributed by atoms with Gasteiger partial charge in [0.25, 0.3) is 11.1 Å². The van der Waals surface area contributed by atoms with Gasteiger partial charge in [-0.15, -0.1) is 0 Å². The van der Waals surface area contributed by atoms with Crippen LogP contribution in [-0.4, -0.2) is 50.2 Å².